The lowest BCUT2D eigenvalue weighted by Gasteiger charge is -2.25. The minimum Gasteiger partial charge on any atom is -0.255 e. The molecule has 6 aromatic carbocycles. The normalized spacial score (nSPS) is 13.1. The Kier molecular flexibility index (Phi) is 6.16. The van der Waals surface area contributed by atoms with E-state index in [1.165, 1.54) is 49.5 Å². The van der Waals surface area contributed by atoms with Gasteiger partial charge in [-0.15, -0.1) is 0 Å². The average molecular weight is 602 g/mol. The van der Waals surface area contributed by atoms with Crippen molar-refractivity contribution in [1.82, 2.24) is 15.0 Å². The summed E-state index contributed by atoms with van der Waals surface area (Å²) in [7, 11) is 0. The number of benzene rings is 6. The fraction of sp³-hybridized carbons (Fsp3) is 0.0682. The molecular formula is C44H31N3. The molecule has 0 N–H and O–H groups in total. The molecule has 8 aromatic rings. The van der Waals surface area contributed by atoms with Gasteiger partial charge in [-0.3, -0.25) is 4.98 Å². The topological polar surface area (TPSA) is 38.7 Å². The van der Waals surface area contributed by atoms with E-state index >= 15 is 0 Å². The molecular weight excluding hydrogens is 571 g/mol. The summed E-state index contributed by atoms with van der Waals surface area (Å²) in [6, 6.07) is 51.6. The van der Waals surface area contributed by atoms with Crippen molar-refractivity contribution in [3.8, 4) is 56.3 Å². The molecule has 0 fully saturated rings. The van der Waals surface area contributed by atoms with E-state index in [2.05, 4.69) is 122 Å². The van der Waals surface area contributed by atoms with Gasteiger partial charge in [0.15, 0.2) is 5.82 Å². The Morgan fingerprint density at radius 2 is 1.15 bits per heavy atom. The van der Waals surface area contributed by atoms with Crippen LogP contribution in [0.2, 0.25) is 0 Å². The van der Waals surface area contributed by atoms with Crippen LogP contribution in [-0.4, -0.2) is 15.0 Å². The lowest BCUT2D eigenvalue weighted by Crippen LogP contribution is -2.16. The first-order chi connectivity index (χ1) is 23.1. The molecule has 3 nitrogen and oxygen atoms in total. The van der Waals surface area contributed by atoms with Gasteiger partial charge in [0.1, 0.15) is 0 Å². The van der Waals surface area contributed by atoms with E-state index < -0.39 is 0 Å². The molecule has 2 heterocycles. The van der Waals surface area contributed by atoms with Gasteiger partial charge in [0.05, 0.1) is 17.1 Å². The summed E-state index contributed by atoms with van der Waals surface area (Å²) < 4.78 is 0. The molecule has 0 aliphatic heterocycles. The number of hydrogen-bond donors (Lipinski definition) is 0. The summed E-state index contributed by atoms with van der Waals surface area (Å²) in [5.41, 5.74) is 12.3. The minimum absolute atomic E-state index is 0.157. The Morgan fingerprint density at radius 3 is 1.96 bits per heavy atom. The van der Waals surface area contributed by atoms with Crippen molar-refractivity contribution >= 4 is 21.5 Å². The van der Waals surface area contributed by atoms with Gasteiger partial charge in [-0.1, -0.05) is 135 Å². The van der Waals surface area contributed by atoms with Crippen molar-refractivity contribution in [2.24, 2.45) is 0 Å². The van der Waals surface area contributed by atoms with E-state index in [9.17, 15) is 0 Å². The molecule has 0 unspecified atom stereocenters. The van der Waals surface area contributed by atoms with Gasteiger partial charge >= 0.3 is 0 Å². The van der Waals surface area contributed by atoms with Gasteiger partial charge in [0.25, 0.3) is 0 Å². The van der Waals surface area contributed by atoms with Gasteiger partial charge in [-0.25, -0.2) is 9.97 Å². The van der Waals surface area contributed by atoms with Crippen LogP contribution < -0.4 is 0 Å². The van der Waals surface area contributed by atoms with Crippen molar-refractivity contribution in [3.05, 3.63) is 163 Å². The maximum Gasteiger partial charge on any atom is 0.161 e. The van der Waals surface area contributed by atoms with Crippen LogP contribution >= 0.6 is 0 Å². The van der Waals surface area contributed by atoms with Crippen molar-refractivity contribution in [3.63, 3.8) is 0 Å². The number of nitrogens with zero attached hydrogens (tertiary/aromatic N) is 3. The SMILES string of the molecule is CC1(C)c2ccc3ccccc3c2-c2cccc(-c3ccc(-c4nc(-c5ccccc5)cc(-c5ccccn5)n4)c4ccccc34)c21. The second-order valence-corrected chi connectivity index (χ2v) is 12.8. The number of rotatable bonds is 4. The third-order valence-corrected chi connectivity index (χ3v) is 9.74. The summed E-state index contributed by atoms with van der Waals surface area (Å²) >= 11 is 0. The summed E-state index contributed by atoms with van der Waals surface area (Å²) in [6.45, 7) is 4.74. The molecule has 1 aliphatic carbocycles. The first-order valence-corrected chi connectivity index (χ1v) is 16.1. The molecule has 3 heteroatoms. The van der Waals surface area contributed by atoms with Crippen LogP contribution in [0, 0.1) is 0 Å². The second-order valence-electron chi connectivity index (χ2n) is 12.8. The Labute approximate surface area is 274 Å². The molecule has 0 bridgehead atoms. The predicted octanol–water partition coefficient (Wildman–Crippen LogP) is 11.2. The molecule has 0 saturated heterocycles. The van der Waals surface area contributed by atoms with Crippen molar-refractivity contribution in [2.45, 2.75) is 19.3 Å². The van der Waals surface area contributed by atoms with E-state index in [1.54, 1.807) is 0 Å². The molecule has 9 rings (SSSR count). The van der Waals surface area contributed by atoms with Crippen molar-refractivity contribution in [2.75, 3.05) is 0 Å². The van der Waals surface area contributed by atoms with Crippen molar-refractivity contribution < 1.29 is 0 Å². The molecule has 0 atom stereocenters. The Bertz CT molecular complexity index is 2420. The molecule has 0 radical (unpaired) electrons. The highest BCUT2D eigenvalue weighted by atomic mass is 14.9. The monoisotopic (exact) mass is 601 g/mol. The highest BCUT2D eigenvalue weighted by Gasteiger charge is 2.38. The zero-order chi connectivity index (χ0) is 31.5. The van der Waals surface area contributed by atoms with E-state index in [4.69, 9.17) is 9.97 Å². The van der Waals surface area contributed by atoms with Crippen LogP contribution in [0.4, 0.5) is 0 Å². The van der Waals surface area contributed by atoms with Crippen LogP contribution in [0.15, 0.2) is 152 Å². The lowest BCUT2D eigenvalue weighted by atomic mass is 9.78. The smallest absolute Gasteiger partial charge is 0.161 e. The number of hydrogen-bond acceptors (Lipinski definition) is 3. The third kappa shape index (κ3) is 4.31. The maximum atomic E-state index is 5.15. The van der Waals surface area contributed by atoms with Gasteiger partial charge in [-0.2, -0.15) is 0 Å². The van der Waals surface area contributed by atoms with Gasteiger partial charge in [-0.05, 0) is 79.2 Å². The fourth-order valence-corrected chi connectivity index (χ4v) is 7.57. The Morgan fingerprint density at radius 1 is 0.468 bits per heavy atom. The molecule has 1 aliphatic rings. The number of pyridine rings is 1. The summed E-state index contributed by atoms with van der Waals surface area (Å²) in [5.74, 6) is 0.687. The van der Waals surface area contributed by atoms with Crippen LogP contribution in [0.3, 0.4) is 0 Å². The quantitative estimate of drug-likeness (QED) is 0.201. The molecule has 222 valence electrons. The minimum atomic E-state index is -0.157. The van der Waals surface area contributed by atoms with Gasteiger partial charge in [0, 0.05) is 22.7 Å². The summed E-state index contributed by atoms with van der Waals surface area (Å²) in [4.78, 5) is 14.9. The van der Waals surface area contributed by atoms with Crippen LogP contribution in [0.5, 0.6) is 0 Å². The van der Waals surface area contributed by atoms with Crippen molar-refractivity contribution in [1.29, 1.82) is 0 Å². The van der Waals surface area contributed by atoms with E-state index in [-0.39, 0.29) is 5.41 Å². The highest BCUT2D eigenvalue weighted by Crippen LogP contribution is 2.55. The lowest BCUT2D eigenvalue weighted by molar-refractivity contribution is 0.662. The maximum absolute atomic E-state index is 5.15. The molecule has 0 amide bonds. The fourth-order valence-electron chi connectivity index (χ4n) is 7.57. The molecule has 0 spiro atoms. The Balaban J connectivity index is 1.27. The van der Waals surface area contributed by atoms with Gasteiger partial charge in [0.2, 0.25) is 0 Å². The average Bonchev–Trinajstić information content (AvgIpc) is 3.38. The van der Waals surface area contributed by atoms with Crippen LogP contribution in [0.25, 0.3) is 77.8 Å². The first-order valence-electron chi connectivity index (χ1n) is 16.1. The Hall–Kier alpha value is -5.93. The first kappa shape index (κ1) is 27.4. The van der Waals surface area contributed by atoms with Gasteiger partial charge < -0.3 is 0 Å². The van der Waals surface area contributed by atoms with E-state index in [0.29, 0.717) is 5.82 Å². The standard InChI is InChI=1S/C44H31N3/c1-44(2)37-25-22-28-13-6-7-16-30(28)41(37)36-20-12-19-34(42(36)44)33-23-24-35(32-18-9-8-17-31(32)33)43-46-39(29-14-4-3-5-15-29)27-40(47-43)38-21-10-11-26-45-38/h3-27H,1-2H3. The van der Waals surface area contributed by atoms with Crippen LogP contribution in [-0.2, 0) is 5.41 Å². The summed E-state index contributed by atoms with van der Waals surface area (Å²) in [6.07, 6.45) is 1.81. The van der Waals surface area contributed by atoms with E-state index in [1.807, 2.05) is 48.7 Å². The molecule has 47 heavy (non-hydrogen) atoms. The molecule has 2 aromatic heterocycles. The zero-order valence-electron chi connectivity index (χ0n) is 26.3. The summed E-state index contributed by atoms with van der Waals surface area (Å²) in [5, 5.41) is 4.90. The third-order valence-electron chi connectivity index (χ3n) is 9.74. The molecule has 0 saturated carbocycles. The highest BCUT2D eigenvalue weighted by molar-refractivity contribution is 6.08. The zero-order valence-corrected chi connectivity index (χ0v) is 26.3. The number of fused-ring (bicyclic) bond motifs is 6. The predicted molar refractivity (Wildman–Crippen MR) is 194 cm³/mol. The van der Waals surface area contributed by atoms with E-state index in [0.717, 1.165) is 33.6 Å². The van der Waals surface area contributed by atoms with Crippen LogP contribution in [0.1, 0.15) is 25.0 Å². The largest absolute Gasteiger partial charge is 0.255 e. The number of aromatic nitrogens is 3. The second kappa shape index (κ2) is 10.6.